The summed E-state index contributed by atoms with van der Waals surface area (Å²) in [6.07, 6.45) is 1.36. The summed E-state index contributed by atoms with van der Waals surface area (Å²) in [5, 5.41) is 21.4. The second-order valence-corrected chi connectivity index (χ2v) is 4.22. The van der Waals surface area contributed by atoms with Crippen molar-refractivity contribution in [3.63, 3.8) is 0 Å². The predicted molar refractivity (Wildman–Crippen MR) is 64.2 cm³/mol. The van der Waals surface area contributed by atoms with E-state index in [9.17, 15) is 19.8 Å². The van der Waals surface area contributed by atoms with Crippen molar-refractivity contribution < 1.29 is 24.5 Å². The zero-order valence-electron chi connectivity index (χ0n) is 10.8. The lowest BCUT2D eigenvalue weighted by molar-refractivity contribution is -0.317. The SMILES string of the molecule is CCCCOc1ccc([C@H](CC(=O)[O-])C(=O)[O-])cc1. The largest absolute Gasteiger partial charge is 0.550 e. The van der Waals surface area contributed by atoms with E-state index in [4.69, 9.17) is 4.74 Å². The van der Waals surface area contributed by atoms with Crippen LogP contribution in [-0.2, 0) is 9.59 Å². The van der Waals surface area contributed by atoms with Crippen molar-refractivity contribution in [2.75, 3.05) is 6.61 Å². The molecule has 5 nitrogen and oxygen atoms in total. The van der Waals surface area contributed by atoms with E-state index in [0.717, 1.165) is 12.8 Å². The molecule has 1 aromatic carbocycles. The summed E-state index contributed by atoms with van der Waals surface area (Å²) >= 11 is 0. The van der Waals surface area contributed by atoms with Crippen LogP contribution in [0.15, 0.2) is 24.3 Å². The van der Waals surface area contributed by atoms with Crippen molar-refractivity contribution in [3.05, 3.63) is 29.8 Å². The fourth-order valence-electron chi connectivity index (χ4n) is 1.63. The Morgan fingerprint density at radius 1 is 1.21 bits per heavy atom. The quantitative estimate of drug-likeness (QED) is 0.608. The molecular formula is C14H16O5-2. The third-order valence-corrected chi connectivity index (χ3v) is 2.70. The molecule has 0 saturated carbocycles. The van der Waals surface area contributed by atoms with Crippen molar-refractivity contribution in [1.82, 2.24) is 0 Å². The molecule has 0 aliphatic heterocycles. The van der Waals surface area contributed by atoms with E-state index in [1.165, 1.54) is 12.1 Å². The topological polar surface area (TPSA) is 89.5 Å². The standard InChI is InChI=1S/C14H18O5/c1-2-3-8-19-11-6-4-10(5-7-11)12(14(17)18)9-13(15)16/h4-7,12H,2-3,8-9H2,1H3,(H,15,16)(H,17,18)/p-2/t12-/m0/s1. The predicted octanol–water partition coefficient (Wildman–Crippen LogP) is -0.161. The molecule has 5 heteroatoms. The molecule has 0 aliphatic rings. The average molecular weight is 264 g/mol. The van der Waals surface area contributed by atoms with E-state index in [0.29, 0.717) is 17.9 Å². The van der Waals surface area contributed by atoms with E-state index in [1.807, 2.05) is 0 Å². The number of carboxylic acids is 2. The molecule has 1 rings (SSSR count). The molecule has 0 radical (unpaired) electrons. The summed E-state index contributed by atoms with van der Waals surface area (Å²) in [6, 6.07) is 6.31. The van der Waals surface area contributed by atoms with E-state index < -0.39 is 24.3 Å². The number of carbonyl (C=O) groups excluding carboxylic acids is 2. The normalized spacial score (nSPS) is 11.8. The lowest BCUT2D eigenvalue weighted by atomic mass is 9.96. The Bertz CT molecular complexity index is 424. The summed E-state index contributed by atoms with van der Waals surface area (Å²) in [4.78, 5) is 21.4. The minimum Gasteiger partial charge on any atom is -0.550 e. The van der Waals surface area contributed by atoms with Crippen molar-refractivity contribution in [2.24, 2.45) is 0 Å². The maximum Gasteiger partial charge on any atom is 0.119 e. The van der Waals surface area contributed by atoms with Crippen LogP contribution in [0.2, 0.25) is 0 Å². The first kappa shape index (κ1) is 15.0. The number of ether oxygens (including phenoxy) is 1. The number of carboxylic acid groups (broad SMARTS) is 2. The van der Waals surface area contributed by atoms with Gasteiger partial charge in [0.2, 0.25) is 0 Å². The van der Waals surface area contributed by atoms with Crippen LogP contribution in [0.1, 0.15) is 37.7 Å². The van der Waals surface area contributed by atoms with Gasteiger partial charge >= 0.3 is 0 Å². The number of rotatable bonds is 8. The minimum absolute atomic E-state index is 0.368. The van der Waals surface area contributed by atoms with Gasteiger partial charge in [0.05, 0.1) is 6.61 Å². The van der Waals surface area contributed by atoms with Crippen LogP contribution in [0.25, 0.3) is 0 Å². The summed E-state index contributed by atoms with van der Waals surface area (Å²) in [6.45, 7) is 2.65. The molecule has 104 valence electrons. The fourth-order valence-corrected chi connectivity index (χ4v) is 1.63. The molecule has 1 aromatic rings. The first-order chi connectivity index (χ1) is 9.04. The van der Waals surface area contributed by atoms with Gasteiger partial charge in [0.1, 0.15) is 5.75 Å². The number of unbranched alkanes of at least 4 members (excludes halogenated alkanes) is 1. The highest BCUT2D eigenvalue weighted by Crippen LogP contribution is 2.22. The molecule has 0 heterocycles. The monoisotopic (exact) mass is 264 g/mol. The van der Waals surface area contributed by atoms with Gasteiger partial charge in [0.25, 0.3) is 0 Å². The van der Waals surface area contributed by atoms with Crippen LogP contribution in [0.5, 0.6) is 5.75 Å². The van der Waals surface area contributed by atoms with Gasteiger partial charge < -0.3 is 24.5 Å². The maximum atomic E-state index is 10.9. The molecule has 0 unspecified atom stereocenters. The van der Waals surface area contributed by atoms with Gasteiger partial charge in [0, 0.05) is 17.9 Å². The van der Waals surface area contributed by atoms with Gasteiger partial charge in [-0.05, 0) is 30.5 Å². The number of benzene rings is 1. The van der Waals surface area contributed by atoms with Gasteiger partial charge in [0.15, 0.2) is 0 Å². The van der Waals surface area contributed by atoms with Crippen LogP contribution in [0, 0.1) is 0 Å². The summed E-state index contributed by atoms with van der Waals surface area (Å²) in [5.74, 6) is -3.42. The van der Waals surface area contributed by atoms with Crippen LogP contribution < -0.4 is 14.9 Å². The van der Waals surface area contributed by atoms with Gasteiger partial charge in [-0.25, -0.2) is 0 Å². The van der Waals surface area contributed by atoms with Crippen molar-refractivity contribution >= 4 is 11.9 Å². The van der Waals surface area contributed by atoms with Crippen molar-refractivity contribution in [3.8, 4) is 5.75 Å². The molecule has 0 amide bonds. The summed E-state index contributed by atoms with van der Waals surface area (Å²) in [5.41, 5.74) is 0.368. The summed E-state index contributed by atoms with van der Waals surface area (Å²) < 4.78 is 5.43. The number of carbonyl (C=O) groups is 2. The molecule has 0 aliphatic carbocycles. The molecule has 0 aromatic heterocycles. The van der Waals surface area contributed by atoms with Gasteiger partial charge in [-0.15, -0.1) is 0 Å². The third-order valence-electron chi connectivity index (χ3n) is 2.70. The molecular weight excluding hydrogens is 248 g/mol. The Kier molecular flexibility index (Phi) is 5.85. The van der Waals surface area contributed by atoms with Crippen LogP contribution in [-0.4, -0.2) is 18.5 Å². The highest BCUT2D eigenvalue weighted by molar-refractivity contribution is 5.80. The van der Waals surface area contributed by atoms with Gasteiger partial charge in [-0.2, -0.15) is 0 Å². The van der Waals surface area contributed by atoms with Crippen LogP contribution in [0.3, 0.4) is 0 Å². The van der Waals surface area contributed by atoms with E-state index in [-0.39, 0.29) is 0 Å². The molecule has 1 atom stereocenters. The first-order valence-electron chi connectivity index (χ1n) is 6.18. The fraction of sp³-hybridized carbons (Fsp3) is 0.429. The van der Waals surface area contributed by atoms with E-state index in [2.05, 4.69) is 6.92 Å². The average Bonchev–Trinajstić information content (AvgIpc) is 2.37. The minimum atomic E-state index is -1.43. The molecule has 0 saturated heterocycles. The van der Waals surface area contributed by atoms with Crippen molar-refractivity contribution in [1.29, 1.82) is 0 Å². The number of hydrogen-bond donors (Lipinski definition) is 0. The van der Waals surface area contributed by atoms with Crippen LogP contribution >= 0.6 is 0 Å². The zero-order valence-corrected chi connectivity index (χ0v) is 10.8. The molecule has 0 fully saturated rings. The van der Waals surface area contributed by atoms with Gasteiger partial charge in [-0.1, -0.05) is 25.5 Å². The molecule has 0 N–H and O–H groups in total. The number of hydrogen-bond acceptors (Lipinski definition) is 5. The first-order valence-corrected chi connectivity index (χ1v) is 6.18. The Morgan fingerprint density at radius 2 is 1.84 bits per heavy atom. The van der Waals surface area contributed by atoms with Crippen LogP contribution in [0.4, 0.5) is 0 Å². The lowest BCUT2D eigenvalue weighted by Crippen LogP contribution is -2.34. The molecule has 0 bridgehead atoms. The van der Waals surface area contributed by atoms with E-state index >= 15 is 0 Å². The second kappa shape index (κ2) is 7.41. The maximum absolute atomic E-state index is 10.9. The second-order valence-electron chi connectivity index (χ2n) is 4.22. The third kappa shape index (κ3) is 4.99. The Hall–Kier alpha value is -2.04. The van der Waals surface area contributed by atoms with Crippen molar-refractivity contribution in [2.45, 2.75) is 32.1 Å². The molecule has 19 heavy (non-hydrogen) atoms. The Morgan fingerprint density at radius 3 is 2.32 bits per heavy atom. The highest BCUT2D eigenvalue weighted by atomic mass is 16.5. The smallest absolute Gasteiger partial charge is 0.119 e. The van der Waals surface area contributed by atoms with E-state index in [1.54, 1.807) is 12.1 Å². The Labute approximate surface area is 111 Å². The lowest BCUT2D eigenvalue weighted by Gasteiger charge is -2.19. The number of aliphatic carboxylic acids is 2. The highest BCUT2D eigenvalue weighted by Gasteiger charge is 2.13. The Balaban J connectivity index is 2.72. The zero-order chi connectivity index (χ0) is 14.3. The molecule has 0 spiro atoms. The van der Waals surface area contributed by atoms with Gasteiger partial charge in [-0.3, -0.25) is 0 Å². The summed E-state index contributed by atoms with van der Waals surface area (Å²) in [7, 11) is 0.